The van der Waals surface area contributed by atoms with Crippen LogP contribution in [0.25, 0.3) is 0 Å². The maximum atomic E-state index is 5.31. The van der Waals surface area contributed by atoms with Crippen molar-refractivity contribution in [1.82, 2.24) is 0 Å². The van der Waals surface area contributed by atoms with Gasteiger partial charge in [0.25, 0.3) is 0 Å². The summed E-state index contributed by atoms with van der Waals surface area (Å²) in [6.07, 6.45) is 0. The highest BCUT2D eigenvalue weighted by atomic mass is 127. The number of methoxy groups -OCH3 is 1. The van der Waals surface area contributed by atoms with Crippen molar-refractivity contribution < 1.29 is 26.8 Å². The molecule has 0 heterocycles. The minimum Gasteiger partial charge on any atom is -0.382 e. The van der Waals surface area contributed by atoms with Gasteiger partial charge < -0.3 is 26.8 Å². The highest BCUT2D eigenvalue weighted by Gasteiger charge is 1.92. The first-order valence-electron chi connectivity index (χ1n) is 5.95. The average molecular weight is 378 g/mol. The second kappa shape index (κ2) is 17.5. The highest BCUT2D eigenvalue weighted by Crippen LogP contribution is 1.86. The Morgan fingerprint density at radius 1 is 0.556 bits per heavy atom. The molecule has 18 heavy (non-hydrogen) atoms. The summed E-state index contributed by atoms with van der Waals surface area (Å²) in [6, 6.07) is 0. The van der Waals surface area contributed by atoms with Crippen molar-refractivity contribution in [2.24, 2.45) is 0 Å². The Labute approximate surface area is 123 Å². The smallest absolute Gasteiger partial charge is 0.109 e. The van der Waals surface area contributed by atoms with Gasteiger partial charge in [0.15, 0.2) is 0 Å². The van der Waals surface area contributed by atoms with E-state index in [9.17, 15) is 0 Å². The van der Waals surface area contributed by atoms with Crippen LogP contribution in [0.1, 0.15) is 0 Å². The summed E-state index contributed by atoms with van der Waals surface area (Å²) in [5, 5.41) is 0. The van der Waals surface area contributed by atoms with Crippen LogP contribution in [0.3, 0.4) is 0 Å². The standard InChI is InChI=1S/C11H23IO6/c1-13-2-3-14-4-5-15-6-7-16-8-9-17-10-11-18-12/h2-11H2,1H3. The van der Waals surface area contributed by atoms with Crippen LogP contribution in [0.2, 0.25) is 0 Å². The third-order valence-electron chi connectivity index (χ3n) is 1.85. The lowest BCUT2D eigenvalue weighted by molar-refractivity contribution is -0.00899. The van der Waals surface area contributed by atoms with Gasteiger partial charge in [0.2, 0.25) is 0 Å². The first kappa shape index (κ1) is 18.5. The molecule has 0 radical (unpaired) electrons. The predicted octanol–water partition coefficient (Wildman–Crippen LogP) is 1.07. The van der Waals surface area contributed by atoms with E-state index in [2.05, 4.69) is 0 Å². The normalized spacial score (nSPS) is 11.0. The molecule has 0 N–H and O–H groups in total. The van der Waals surface area contributed by atoms with Gasteiger partial charge in [-0.3, -0.25) is 0 Å². The molecule has 0 aromatic heterocycles. The van der Waals surface area contributed by atoms with Gasteiger partial charge >= 0.3 is 0 Å². The molecule has 0 saturated heterocycles. The van der Waals surface area contributed by atoms with Crippen LogP contribution in [0, 0.1) is 0 Å². The molecule has 0 rings (SSSR count). The maximum Gasteiger partial charge on any atom is 0.109 e. The van der Waals surface area contributed by atoms with Crippen molar-refractivity contribution in [3.63, 3.8) is 0 Å². The third kappa shape index (κ3) is 16.5. The first-order valence-corrected chi connectivity index (χ1v) is 6.83. The third-order valence-corrected chi connectivity index (χ3v) is 2.29. The van der Waals surface area contributed by atoms with Gasteiger partial charge in [-0.25, -0.2) is 0 Å². The molecule has 0 aromatic rings. The zero-order valence-electron chi connectivity index (χ0n) is 10.9. The zero-order chi connectivity index (χ0) is 13.3. The van der Waals surface area contributed by atoms with E-state index in [0.29, 0.717) is 66.1 Å². The lowest BCUT2D eigenvalue weighted by atomic mass is 10.7. The fourth-order valence-electron chi connectivity index (χ4n) is 0.994. The number of hydrogen-bond donors (Lipinski definition) is 0. The zero-order valence-corrected chi connectivity index (χ0v) is 13.1. The van der Waals surface area contributed by atoms with Crippen LogP contribution < -0.4 is 0 Å². The van der Waals surface area contributed by atoms with E-state index in [0.717, 1.165) is 0 Å². The molecule has 0 aliphatic rings. The minimum absolute atomic E-state index is 0.574. The number of hydrogen-bond acceptors (Lipinski definition) is 6. The number of rotatable bonds is 15. The van der Waals surface area contributed by atoms with Crippen molar-refractivity contribution in [2.75, 3.05) is 73.2 Å². The van der Waals surface area contributed by atoms with E-state index >= 15 is 0 Å². The molecule has 0 aliphatic carbocycles. The Morgan fingerprint density at radius 3 is 1.22 bits per heavy atom. The average Bonchev–Trinajstić information content (AvgIpc) is 2.39. The van der Waals surface area contributed by atoms with E-state index in [1.165, 1.54) is 0 Å². The molecule has 7 heteroatoms. The monoisotopic (exact) mass is 378 g/mol. The minimum atomic E-state index is 0.574. The van der Waals surface area contributed by atoms with Gasteiger partial charge in [-0.15, -0.1) is 0 Å². The van der Waals surface area contributed by atoms with Crippen LogP contribution >= 0.6 is 23.0 Å². The molecule has 6 nitrogen and oxygen atoms in total. The van der Waals surface area contributed by atoms with E-state index in [1.54, 1.807) is 7.11 Å². The van der Waals surface area contributed by atoms with Crippen molar-refractivity contribution in [1.29, 1.82) is 0 Å². The Hall–Kier alpha value is 0.490. The second-order valence-corrected chi connectivity index (χ2v) is 3.88. The van der Waals surface area contributed by atoms with E-state index < -0.39 is 0 Å². The summed E-state index contributed by atoms with van der Waals surface area (Å²) in [6.45, 7) is 5.90. The van der Waals surface area contributed by atoms with Crippen LogP contribution in [0.15, 0.2) is 0 Å². The predicted molar refractivity (Wildman–Crippen MR) is 75.1 cm³/mol. The van der Waals surface area contributed by atoms with Crippen LogP contribution in [-0.2, 0) is 26.8 Å². The Morgan fingerprint density at radius 2 is 0.889 bits per heavy atom. The van der Waals surface area contributed by atoms with Crippen LogP contribution in [0.5, 0.6) is 0 Å². The molecule has 110 valence electrons. The van der Waals surface area contributed by atoms with Crippen LogP contribution in [0.4, 0.5) is 0 Å². The molecule has 0 amide bonds. The summed E-state index contributed by atoms with van der Waals surface area (Å²) in [5.41, 5.74) is 0. The Kier molecular flexibility index (Phi) is 18.0. The van der Waals surface area contributed by atoms with Gasteiger partial charge in [-0.2, -0.15) is 0 Å². The fourth-order valence-corrected chi connectivity index (χ4v) is 1.17. The van der Waals surface area contributed by atoms with Gasteiger partial charge in [0, 0.05) is 7.11 Å². The molecule has 0 saturated carbocycles. The van der Waals surface area contributed by atoms with E-state index in [4.69, 9.17) is 26.8 Å². The largest absolute Gasteiger partial charge is 0.382 e. The van der Waals surface area contributed by atoms with E-state index in [1.807, 2.05) is 23.0 Å². The second-order valence-electron chi connectivity index (χ2n) is 3.26. The maximum absolute atomic E-state index is 5.31. The van der Waals surface area contributed by atoms with Crippen molar-refractivity contribution in [3.8, 4) is 0 Å². The molecule has 0 unspecified atom stereocenters. The van der Waals surface area contributed by atoms with Crippen LogP contribution in [-0.4, -0.2) is 73.2 Å². The molecular formula is C11H23IO6. The van der Waals surface area contributed by atoms with Crippen molar-refractivity contribution >= 4 is 23.0 Å². The molecule has 0 fully saturated rings. The molecule has 0 aromatic carbocycles. The lowest BCUT2D eigenvalue weighted by Gasteiger charge is -2.07. The van der Waals surface area contributed by atoms with Gasteiger partial charge in [-0.1, -0.05) is 0 Å². The summed E-state index contributed by atoms with van der Waals surface area (Å²) in [5.74, 6) is 0. The van der Waals surface area contributed by atoms with E-state index in [-0.39, 0.29) is 0 Å². The topological polar surface area (TPSA) is 55.4 Å². The lowest BCUT2D eigenvalue weighted by Crippen LogP contribution is -2.13. The molecule has 0 aliphatic heterocycles. The number of ether oxygens (including phenoxy) is 5. The van der Waals surface area contributed by atoms with Gasteiger partial charge in [0.1, 0.15) is 23.0 Å². The molecule has 0 bridgehead atoms. The first-order chi connectivity index (χ1) is 8.91. The Bertz CT molecular complexity index is 133. The van der Waals surface area contributed by atoms with Crippen molar-refractivity contribution in [3.05, 3.63) is 0 Å². The van der Waals surface area contributed by atoms with Gasteiger partial charge in [0.05, 0.1) is 66.1 Å². The Balaban J connectivity index is 2.86. The highest BCUT2D eigenvalue weighted by molar-refractivity contribution is 14.1. The summed E-state index contributed by atoms with van der Waals surface area (Å²) in [4.78, 5) is 0. The summed E-state index contributed by atoms with van der Waals surface area (Å²) >= 11 is 1.84. The summed E-state index contributed by atoms with van der Waals surface area (Å²) in [7, 11) is 1.65. The molecular weight excluding hydrogens is 355 g/mol. The SMILES string of the molecule is COCCOCCOCCOCCOCCOI. The van der Waals surface area contributed by atoms with Crippen molar-refractivity contribution in [2.45, 2.75) is 0 Å². The summed E-state index contributed by atoms with van der Waals surface area (Å²) < 4.78 is 30.7. The number of halogens is 1. The quantitative estimate of drug-likeness (QED) is 0.314. The fraction of sp³-hybridized carbons (Fsp3) is 1.00. The molecule has 0 spiro atoms. The van der Waals surface area contributed by atoms with Gasteiger partial charge in [-0.05, 0) is 0 Å². The molecule has 0 atom stereocenters.